The zero-order valence-corrected chi connectivity index (χ0v) is 25.6. The number of aromatic hydroxyl groups is 1. The summed E-state index contributed by atoms with van der Waals surface area (Å²) in [6, 6.07) is 3.22. The number of nitrogens with zero attached hydrogens (tertiary/aromatic N) is 1. The number of nitrogens with one attached hydrogen (secondary N) is 2. The molecule has 2 unspecified atom stereocenters. The standard InChI is InChI=1S/C29H49N3O5S/c1-10-12-13-18-30-25(34)23(21-16-14-15-20(3)24(21)33)32(29(7,8)11-2)26(35)22(17-19-38-9)31-27(36)37-28(4,5)6/h14-16,22-23,33H,10-13,17-19H2,1-9H3,(H,30,34)(H,31,36). The van der Waals surface area contributed by atoms with Crippen LogP contribution in [0.25, 0.3) is 0 Å². The van der Waals surface area contributed by atoms with Crippen LogP contribution in [0.15, 0.2) is 18.2 Å². The van der Waals surface area contributed by atoms with Gasteiger partial charge in [0.2, 0.25) is 11.8 Å². The van der Waals surface area contributed by atoms with E-state index in [9.17, 15) is 19.5 Å². The fourth-order valence-corrected chi connectivity index (χ4v) is 4.51. The molecular formula is C29H49N3O5S. The highest BCUT2D eigenvalue weighted by molar-refractivity contribution is 7.98. The molecule has 9 heteroatoms. The number of phenolic OH excluding ortho intramolecular Hbond substituents is 1. The molecule has 0 aliphatic carbocycles. The first-order valence-electron chi connectivity index (χ1n) is 13.6. The molecule has 0 aromatic heterocycles. The number of carbonyl (C=O) groups is 3. The number of hydrogen-bond donors (Lipinski definition) is 3. The SMILES string of the molecule is CCCCCNC(=O)C(c1cccc(C)c1O)N(C(=O)C(CCSC)NC(=O)OC(C)(C)C)C(C)(C)CC. The summed E-state index contributed by atoms with van der Waals surface area (Å²) >= 11 is 1.56. The summed E-state index contributed by atoms with van der Waals surface area (Å²) in [4.78, 5) is 42.4. The molecule has 2 atom stereocenters. The molecule has 3 amide bonds. The van der Waals surface area contributed by atoms with Gasteiger partial charge in [0.25, 0.3) is 0 Å². The summed E-state index contributed by atoms with van der Waals surface area (Å²) in [6.45, 7) is 15.3. The normalized spacial score (nSPS) is 13.4. The molecule has 38 heavy (non-hydrogen) atoms. The summed E-state index contributed by atoms with van der Waals surface area (Å²) in [5, 5.41) is 16.8. The van der Waals surface area contributed by atoms with E-state index < -0.39 is 35.2 Å². The van der Waals surface area contributed by atoms with Crippen molar-refractivity contribution in [2.45, 2.75) is 111 Å². The lowest BCUT2D eigenvalue weighted by atomic mass is 9.90. The predicted molar refractivity (Wildman–Crippen MR) is 155 cm³/mol. The lowest BCUT2D eigenvalue weighted by Gasteiger charge is -2.44. The minimum atomic E-state index is -1.09. The van der Waals surface area contributed by atoms with Gasteiger partial charge in [-0.3, -0.25) is 9.59 Å². The Balaban J connectivity index is 3.63. The number of para-hydroxylation sites is 1. The van der Waals surface area contributed by atoms with Gasteiger partial charge in [0, 0.05) is 17.6 Å². The lowest BCUT2D eigenvalue weighted by molar-refractivity contribution is -0.149. The highest BCUT2D eigenvalue weighted by atomic mass is 32.2. The van der Waals surface area contributed by atoms with Crippen LogP contribution in [0.4, 0.5) is 4.79 Å². The second-order valence-electron chi connectivity index (χ2n) is 11.3. The van der Waals surface area contributed by atoms with Crippen LogP contribution >= 0.6 is 11.8 Å². The molecule has 1 rings (SSSR count). The fraction of sp³-hybridized carbons (Fsp3) is 0.690. The van der Waals surface area contributed by atoms with Gasteiger partial charge in [-0.05, 0) is 78.4 Å². The number of alkyl carbamates (subject to hydrolysis) is 1. The van der Waals surface area contributed by atoms with Crippen LogP contribution in [0.1, 0.15) is 97.7 Å². The second kappa shape index (κ2) is 15.2. The van der Waals surface area contributed by atoms with E-state index in [4.69, 9.17) is 4.74 Å². The fourth-order valence-electron chi connectivity index (χ4n) is 4.04. The van der Waals surface area contributed by atoms with Gasteiger partial charge in [-0.25, -0.2) is 4.79 Å². The van der Waals surface area contributed by atoms with Crippen molar-refractivity contribution in [1.29, 1.82) is 0 Å². The number of ether oxygens (including phenoxy) is 1. The third-order valence-electron chi connectivity index (χ3n) is 6.50. The maximum atomic E-state index is 14.3. The Morgan fingerprint density at radius 1 is 1.11 bits per heavy atom. The lowest BCUT2D eigenvalue weighted by Crippen LogP contribution is -2.59. The van der Waals surface area contributed by atoms with Crippen LogP contribution in [0.2, 0.25) is 0 Å². The van der Waals surface area contributed by atoms with E-state index in [1.54, 1.807) is 62.6 Å². The van der Waals surface area contributed by atoms with Crippen molar-refractivity contribution in [3.05, 3.63) is 29.3 Å². The number of thioether (sulfide) groups is 1. The van der Waals surface area contributed by atoms with Crippen molar-refractivity contribution in [2.75, 3.05) is 18.6 Å². The van der Waals surface area contributed by atoms with E-state index >= 15 is 0 Å². The zero-order valence-electron chi connectivity index (χ0n) is 24.8. The Kier molecular flexibility index (Phi) is 13.5. The molecule has 0 spiro atoms. The van der Waals surface area contributed by atoms with Crippen molar-refractivity contribution in [1.82, 2.24) is 15.5 Å². The first-order valence-corrected chi connectivity index (χ1v) is 15.0. The van der Waals surface area contributed by atoms with Crippen molar-refractivity contribution < 1.29 is 24.2 Å². The Labute approximate surface area is 233 Å². The molecule has 0 radical (unpaired) electrons. The first-order chi connectivity index (χ1) is 17.7. The Bertz CT molecular complexity index is 929. The van der Waals surface area contributed by atoms with E-state index in [2.05, 4.69) is 17.6 Å². The largest absolute Gasteiger partial charge is 0.507 e. The molecule has 1 aromatic carbocycles. The predicted octanol–water partition coefficient (Wildman–Crippen LogP) is 5.71. The number of rotatable bonds is 14. The molecule has 0 saturated carbocycles. The number of unbranched alkanes of at least 4 members (excludes halogenated alkanes) is 2. The Morgan fingerprint density at radius 2 is 1.76 bits per heavy atom. The minimum absolute atomic E-state index is 0.0216. The first kappa shape index (κ1) is 33.6. The van der Waals surface area contributed by atoms with Gasteiger partial charge >= 0.3 is 6.09 Å². The van der Waals surface area contributed by atoms with Gasteiger partial charge in [0.05, 0.1) is 0 Å². The number of benzene rings is 1. The quantitative estimate of drug-likeness (QED) is 0.256. The van der Waals surface area contributed by atoms with Gasteiger partial charge in [0.1, 0.15) is 23.4 Å². The second-order valence-corrected chi connectivity index (χ2v) is 12.3. The highest BCUT2D eigenvalue weighted by Crippen LogP contribution is 2.37. The van der Waals surface area contributed by atoms with E-state index in [0.29, 0.717) is 36.3 Å². The van der Waals surface area contributed by atoms with E-state index in [1.807, 2.05) is 27.0 Å². The van der Waals surface area contributed by atoms with Crippen LogP contribution < -0.4 is 10.6 Å². The summed E-state index contributed by atoms with van der Waals surface area (Å²) in [5.41, 5.74) is -0.535. The zero-order chi connectivity index (χ0) is 29.1. The molecule has 0 bridgehead atoms. The van der Waals surface area contributed by atoms with E-state index in [0.717, 1.165) is 19.3 Å². The smallest absolute Gasteiger partial charge is 0.408 e. The van der Waals surface area contributed by atoms with Crippen molar-refractivity contribution in [2.24, 2.45) is 0 Å². The third kappa shape index (κ3) is 10.0. The molecule has 3 N–H and O–H groups in total. The van der Waals surface area contributed by atoms with Crippen LogP contribution in [-0.2, 0) is 14.3 Å². The maximum Gasteiger partial charge on any atom is 0.408 e. The Hall–Kier alpha value is -2.42. The molecule has 0 heterocycles. The maximum absolute atomic E-state index is 14.3. The van der Waals surface area contributed by atoms with E-state index in [1.165, 1.54) is 0 Å². The molecule has 0 saturated heterocycles. The Morgan fingerprint density at radius 3 is 2.32 bits per heavy atom. The highest BCUT2D eigenvalue weighted by Gasteiger charge is 2.43. The molecular weight excluding hydrogens is 502 g/mol. The van der Waals surface area contributed by atoms with Crippen molar-refractivity contribution >= 4 is 29.7 Å². The molecule has 0 aliphatic heterocycles. The van der Waals surface area contributed by atoms with Crippen LogP contribution in [0, 0.1) is 6.92 Å². The minimum Gasteiger partial charge on any atom is -0.507 e. The van der Waals surface area contributed by atoms with Gasteiger partial charge in [-0.15, -0.1) is 0 Å². The van der Waals surface area contributed by atoms with Gasteiger partial charge < -0.3 is 25.4 Å². The average molecular weight is 552 g/mol. The number of aryl methyl sites for hydroxylation is 1. The van der Waals surface area contributed by atoms with Gasteiger partial charge in [-0.2, -0.15) is 11.8 Å². The number of carbonyl (C=O) groups excluding carboxylic acids is 3. The molecule has 0 aliphatic rings. The summed E-state index contributed by atoms with van der Waals surface area (Å²) in [6.07, 6.45) is 4.95. The van der Waals surface area contributed by atoms with Crippen molar-refractivity contribution in [3.8, 4) is 5.75 Å². The number of amides is 3. The third-order valence-corrected chi connectivity index (χ3v) is 7.15. The monoisotopic (exact) mass is 551 g/mol. The molecule has 0 fully saturated rings. The average Bonchev–Trinajstić information content (AvgIpc) is 2.83. The van der Waals surface area contributed by atoms with Crippen molar-refractivity contribution in [3.63, 3.8) is 0 Å². The summed E-state index contributed by atoms with van der Waals surface area (Å²) in [7, 11) is 0. The summed E-state index contributed by atoms with van der Waals surface area (Å²) < 4.78 is 5.45. The van der Waals surface area contributed by atoms with E-state index in [-0.39, 0.29) is 11.7 Å². The van der Waals surface area contributed by atoms with Crippen LogP contribution in [-0.4, -0.2) is 63.6 Å². The molecule has 8 nitrogen and oxygen atoms in total. The summed E-state index contributed by atoms with van der Waals surface area (Å²) in [5.74, 6) is -0.160. The van der Waals surface area contributed by atoms with Crippen LogP contribution in [0.5, 0.6) is 5.75 Å². The van der Waals surface area contributed by atoms with Gasteiger partial charge in [0.15, 0.2) is 0 Å². The molecule has 1 aromatic rings. The topological polar surface area (TPSA) is 108 Å². The van der Waals surface area contributed by atoms with Crippen LogP contribution in [0.3, 0.4) is 0 Å². The molecule has 216 valence electrons. The van der Waals surface area contributed by atoms with Gasteiger partial charge in [-0.1, -0.05) is 44.9 Å². The number of hydrogen-bond acceptors (Lipinski definition) is 6. The number of phenols is 1.